The number of rotatable bonds is 7. The van der Waals surface area contributed by atoms with E-state index in [0.717, 1.165) is 17.3 Å². The number of hydrogen-bond acceptors (Lipinski definition) is 3. The van der Waals surface area contributed by atoms with E-state index in [1.54, 1.807) is 19.2 Å². The van der Waals surface area contributed by atoms with Crippen LogP contribution in [0.5, 0.6) is 0 Å². The van der Waals surface area contributed by atoms with Gasteiger partial charge < -0.3 is 16.0 Å². The van der Waals surface area contributed by atoms with Gasteiger partial charge in [-0.05, 0) is 73.5 Å². The topological polar surface area (TPSA) is 70.2 Å². The zero-order valence-electron chi connectivity index (χ0n) is 19.0. The van der Waals surface area contributed by atoms with Crippen LogP contribution in [-0.4, -0.2) is 23.2 Å². The Bertz CT molecular complexity index is 1280. The summed E-state index contributed by atoms with van der Waals surface area (Å²) < 4.78 is 12.1. The molecule has 0 heterocycles. The van der Waals surface area contributed by atoms with E-state index < -0.39 is 27.9 Å². The number of halogens is 5. The highest BCUT2D eigenvalue weighted by molar-refractivity contribution is 6.50. The van der Waals surface area contributed by atoms with Crippen molar-refractivity contribution in [2.75, 3.05) is 23.0 Å². The van der Waals surface area contributed by atoms with Crippen LogP contribution in [0.2, 0.25) is 10.0 Å². The molecule has 0 fully saturated rings. The molecule has 10 heteroatoms. The Morgan fingerprint density at radius 2 is 1.60 bits per heavy atom. The molecule has 0 aliphatic heterocycles. The van der Waals surface area contributed by atoms with Gasteiger partial charge in [-0.3, -0.25) is 9.59 Å². The first-order valence-corrected chi connectivity index (χ1v) is 11.9. The molecule has 0 bridgehead atoms. The van der Waals surface area contributed by atoms with Crippen molar-refractivity contribution in [1.29, 1.82) is 0 Å². The van der Waals surface area contributed by atoms with Gasteiger partial charge in [0.2, 0.25) is 5.91 Å². The molecule has 1 unspecified atom stereocenters. The molecule has 184 valence electrons. The lowest BCUT2D eigenvalue weighted by molar-refractivity contribution is -0.117. The van der Waals surface area contributed by atoms with E-state index in [1.807, 2.05) is 19.1 Å². The van der Waals surface area contributed by atoms with Crippen molar-refractivity contribution < 1.29 is 14.0 Å². The van der Waals surface area contributed by atoms with Crippen LogP contribution < -0.4 is 16.0 Å². The van der Waals surface area contributed by atoms with Gasteiger partial charge in [0.05, 0.1) is 21.5 Å². The highest BCUT2D eigenvalue weighted by Crippen LogP contribution is 2.39. The second-order valence-electron chi connectivity index (χ2n) is 7.98. The third kappa shape index (κ3) is 6.58. The van der Waals surface area contributed by atoms with Gasteiger partial charge >= 0.3 is 0 Å². The van der Waals surface area contributed by atoms with E-state index in [9.17, 15) is 14.0 Å². The first-order valence-electron chi connectivity index (χ1n) is 10.4. The third-order valence-corrected chi connectivity index (χ3v) is 6.34. The van der Waals surface area contributed by atoms with E-state index in [0.29, 0.717) is 16.9 Å². The van der Waals surface area contributed by atoms with Crippen molar-refractivity contribution >= 4 is 75.3 Å². The number of benzene rings is 3. The number of aryl methyl sites for hydroxylation is 1. The van der Waals surface area contributed by atoms with Crippen LogP contribution in [0.1, 0.15) is 34.3 Å². The second-order valence-corrected chi connectivity index (χ2v) is 10.6. The van der Waals surface area contributed by atoms with Gasteiger partial charge in [-0.2, -0.15) is 0 Å². The molecule has 0 saturated carbocycles. The number of anilines is 3. The van der Waals surface area contributed by atoms with Gasteiger partial charge in [0.15, 0.2) is 0 Å². The quantitative estimate of drug-likeness (QED) is 0.262. The lowest BCUT2D eigenvalue weighted by atomic mass is 9.94. The molecule has 0 radical (unpaired) electrons. The summed E-state index contributed by atoms with van der Waals surface area (Å²) in [5, 5.41) is 8.60. The van der Waals surface area contributed by atoms with Crippen molar-refractivity contribution in [2.24, 2.45) is 0 Å². The molecular weight excluding hydrogens is 535 g/mol. The lowest BCUT2D eigenvalue weighted by Gasteiger charge is -2.26. The minimum atomic E-state index is -1.55. The molecule has 0 aliphatic carbocycles. The Labute approximate surface area is 222 Å². The number of alkyl halides is 2. The zero-order chi connectivity index (χ0) is 25.9. The van der Waals surface area contributed by atoms with Crippen LogP contribution in [0.4, 0.5) is 21.5 Å². The van der Waals surface area contributed by atoms with Gasteiger partial charge in [0.25, 0.3) is 5.91 Å². The van der Waals surface area contributed by atoms with Gasteiger partial charge in [0, 0.05) is 24.1 Å². The van der Waals surface area contributed by atoms with Crippen molar-refractivity contribution in [3.63, 3.8) is 0 Å². The monoisotopic (exact) mass is 555 g/mol. The van der Waals surface area contributed by atoms with Crippen molar-refractivity contribution in [2.45, 2.75) is 24.1 Å². The Balaban J connectivity index is 1.86. The molecule has 0 aliphatic rings. The normalized spacial score (nSPS) is 12.1. The van der Waals surface area contributed by atoms with Crippen LogP contribution in [0, 0.1) is 12.7 Å². The van der Waals surface area contributed by atoms with E-state index in [4.69, 9.17) is 46.4 Å². The van der Waals surface area contributed by atoms with Crippen LogP contribution in [-0.2, 0) is 4.79 Å². The van der Waals surface area contributed by atoms with Gasteiger partial charge in [-0.1, -0.05) is 29.3 Å². The summed E-state index contributed by atoms with van der Waals surface area (Å²) in [6.07, 6.45) is 0. The zero-order valence-corrected chi connectivity index (χ0v) is 22.0. The standard InChI is InChI=1S/C25H22Cl4FN3O2/c1-13-10-15(31-3)6-9-21(13)33-23(34)17-12-16(5-7-18(17)26)32-24(35)22(25(2,28)29)14-4-8-20(30)19(27)11-14/h4-12,22,31H,1-3H3,(H,32,35)(H,33,34). The Morgan fingerprint density at radius 1 is 0.914 bits per heavy atom. The fraction of sp³-hybridized carbons (Fsp3) is 0.200. The summed E-state index contributed by atoms with van der Waals surface area (Å²) in [6, 6.07) is 13.8. The molecule has 0 spiro atoms. The first-order chi connectivity index (χ1) is 16.4. The maximum Gasteiger partial charge on any atom is 0.257 e. The lowest BCUT2D eigenvalue weighted by Crippen LogP contribution is -2.32. The first kappa shape index (κ1) is 27.1. The summed E-state index contributed by atoms with van der Waals surface area (Å²) in [5.41, 5.74) is 3.16. The number of carbonyl (C=O) groups is 2. The van der Waals surface area contributed by atoms with Crippen molar-refractivity contribution in [3.8, 4) is 0 Å². The molecule has 3 rings (SSSR count). The van der Waals surface area contributed by atoms with Gasteiger partial charge in [-0.15, -0.1) is 23.2 Å². The molecule has 2 amide bonds. The number of carbonyl (C=O) groups excluding carboxylic acids is 2. The fourth-order valence-electron chi connectivity index (χ4n) is 3.51. The summed E-state index contributed by atoms with van der Waals surface area (Å²) in [7, 11) is 1.80. The minimum absolute atomic E-state index is 0.155. The summed E-state index contributed by atoms with van der Waals surface area (Å²) in [4.78, 5) is 26.1. The van der Waals surface area contributed by atoms with Crippen LogP contribution >= 0.6 is 46.4 Å². The maximum atomic E-state index is 13.6. The number of nitrogens with one attached hydrogen (secondary N) is 3. The highest BCUT2D eigenvalue weighted by atomic mass is 35.5. The molecule has 5 nitrogen and oxygen atoms in total. The molecule has 3 aromatic rings. The maximum absolute atomic E-state index is 13.6. The molecule has 0 aromatic heterocycles. The molecular formula is C25H22Cl4FN3O2. The van der Waals surface area contributed by atoms with Crippen LogP contribution in [0.25, 0.3) is 0 Å². The summed E-state index contributed by atoms with van der Waals surface area (Å²) in [5.74, 6) is -2.75. The van der Waals surface area contributed by atoms with Gasteiger partial charge in [0.1, 0.15) is 10.2 Å². The number of amides is 2. The third-order valence-electron chi connectivity index (χ3n) is 5.29. The largest absolute Gasteiger partial charge is 0.388 e. The fourth-order valence-corrected chi connectivity index (χ4v) is 4.35. The van der Waals surface area contributed by atoms with E-state index >= 15 is 0 Å². The van der Waals surface area contributed by atoms with Crippen molar-refractivity contribution in [1.82, 2.24) is 0 Å². The van der Waals surface area contributed by atoms with E-state index in [1.165, 1.54) is 31.2 Å². The summed E-state index contributed by atoms with van der Waals surface area (Å²) in [6.45, 7) is 3.31. The van der Waals surface area contributed by atoms with E-state index in [2.05, 4.69) is 16.0 Å². The van der Waals surface area contributed by atoms with Crippen LogP contribution in [0.15, 0.2) is 54.6 Å². The average Bonchev–Trinajstić information content (AvgIpc) is 2.78. The smallest absolute Gasteiger partial charge is 0.257 e. The van der Waals surface area contributed by atoms with Gasteiger partial charge in [-0.25, -0.2) is 4.39 Å². The molecule has 0 saturated heterocycles. The predicted octanol–water partition coefficient (Wildman–Crippen LogP) is 7.65. The predicted molar refractivity (Wildman–Crippen MR) is 143 cm³/mol. The Hall–Kier alpha value is -2.51. The molecule has 3 aromatic carbocycles. The SMILES string of the molecule is CNc1ccc(NC(=O)c2cc(NC(=O)C(c3ccc(F)c(Cl)c3)C(C)(Cl)Cl)ccc2Cl)c(C)c1. The highest BCUT2D eigenvalue weighted by Gasteiger charge is 2.37. The van der Waals surface area contributed by atoms with Crippen molar-refractivity contribution in [3.05, 3.63) is 87.2 Å². The minimum Gasteiger partial charge on any atom is -0.388 e. The molecule has 35 heavy (non-hydrogen) atoms. The second kappa shape index (κ2) is 11.0. The number of hydrogen-bond donors (Lipinski definition) is 3. The van der Waals surface area contributed by atoms with Crippen LogP contribution in [0.3, 0.4) is 0 Å². The molecule has 1 atom stereocenters. The Morgan fingerprint density at radius 3 is 2.20 bits per heavy atom. The average molecular weight is 557 g/mol. The Kier molecular flexibility index (Phi) is 8.54. The van der Waals surface area contributed by atoms with E-state index in [-0.39, 0.29) is 15.6 Å². The summed E-state index contributed by atoms with van der Waals surface area (Å²) >= 11 is 24.8. The molecule has 3 N–H and O–H groups in total.